The van der Waals surface area contributed by atoms with E-state index in [9.17, 15) is 25.5 Å². The van der Waals surface area contributed by atoms with Crippen molar-refractivity contribution >= 4 is 0 Å². The van der Waals surface area contributed by atoms with Crippen LogP contribution in [-0.4, -0.2) is 25.5 Å². The van der Waals surface area contributed by atoms with Crippen molar-refractivity contribution in [3.05, 3.63) is 76.3 Å². The van der Waals surface area contributed by atoms with E-state index >= 15 is 0 Å². The minimum absolute atomic E-state index is 0.0255. The largest absolute Gasteiger partial charge is 0.508 e. The molecule has 0 aliphatic heterocycles. The van der Waals surface area contributed by atoms with Crippen LogP contribution in [0.15, 0.2) is 48.5 Å². The topological polar surface area (TPSA) is 101 Å². The number of phenols is 5. The van der Waals surface area contributed by atoms with Gasteiger partial charge >= 0.3 is 0 Å². The lowest BCUT2D eigenvalue weighted by Gasteiger charge is -2.23. The Morgan fingerprint density at radius 2 is 1.00 bits per heavy atom. The summed E-state index contributed by atoms with van der Waals surface area (Å²) in [6.45, 7) is 6.22. The first kappa shape index (κ1) is 20.4. The predicted molar refractivity (Wildman–Crippen MR) is 112 cm³/mol. The molecule has 0 aliphatic rings. The molecule has 5 nitrogen and oxygen atoms in total. The number of aromatic hydroxyl groups is 5. The number of phenolic OH excluding ortho intramolecular Hbond substituents is 5. The van der Waals surface area contributed by atoms with Crippen LogP contribution in [0.2, 0.25) is 0 Å². The Labute approximate surface area is 170 Å². The fourth-order valence-electron chi connectivity index (χ4n) is 3.28. The molecule has 0 aromatic heterocycles. The van der Waals surface area contributed by atoms with Crippen LogP contribution in [0.4, 0.5) is 0 Å². The van der Waals surface area contributed by atoms with Crippen LogP contribution in [-0.2, 0) is 18.3 Å². The summed E-state index contributed by atoms with van der Waals surface area (Å²) >= 11 is 0. The molecule has 0 bridgehead atoms. The van der Waals surface area contributed by atoms with Crippen molar-refractivity contribution in [2.45, 2.75) is 39.0 Å². The van der Waals surface area contributed by atoms with Crippen LogP contribution < -0.4 is 0 Å². The molecule has 0 atom stereocenters. The fraction of sp³-hybridized carbons (Fsp3) is 0.250. The maximum absolute atomic E-state index is 10.9. The summed E-state index contributed by atoms with van der Waals surface area (Å²) in [4.78, 5) is 0. The summed E-state index contributed by atoms with van der Waals surface area (Å²) in [5, 5.41) is 50.2. The van der Waals surface area contributed by atoms with Crippen LogP contribution in [0.25, 0.3) is 0 Å². The van der Waals surface area contributed by atoms with Crippen molar-refractivity contribution < 1.29 is 25.5 Å². The van der Waals surface area contributed by atoms with Gasteiger partial charge in [-0.1, -0.05) is 45.0 Å². The van der Waals surface area contributed by atoms with Crippen molar-refractivity contribution in [2.24, 2.45) is 0 Å². The van der Waals surface area contributed by atoms with Gasteiger partial charge in [-0.15, -0.1) is 0 Å². The highest BCUT2D eigenvalue weighted by Gasteiger charge is 2.20. The van der Waals surface area contributed by atoms with E-state index in [0.717, 1.165) is 5.56 Å². The molecule has 0 heterocycles. The van der Waals surface area contributed by atoms with Crippen molar-refractivity contribution in [2.75, 3.05) is 0 Å². The molecule has 3 aromatic rings. The van der Waals surface area contributed by atoms with E-state index < -0.39 is 0 Å². The first-order valence-electron chi connectivity index (χ1n) is 9.41. The van der Waals surface area contributed by atoms with Gasteiger partial charge in [-0.3, -0.25) is 0 Å². The maximum atomic E-state index is 10.9. The van der Waals surface area contributed by atoms with Crippen LogP contribution >= 0.6 is 0 Å². The van der Waals surface area contributed by atoms with E-state index in [2.05, 4.69) is 20.8 Å². The Morgan fingerprint density at radius 3 is 1.34 bits per heavy atom. The Morgan fingerprint density at radius 1 is 0.586 bits per heavy atom. The smallest absolute Gasteiger partial charge is 0.122 e. The van der Waals surface area contributed by atoms with E-state index in [1.165, 1.54) is 24.3 Å². The summed E-state index contributed by atoms with van der Waals surface area (Å²) in [5.41, 5.74) is 3.30. The normalized spacial score (nSPS) is 11.6. The lowest BCUT2D eigenvalue weighted by Crippen LogP contribution is -2.12. The van der Waals surface area contributed by atoms with Crippen LogP contribution in [0.3, 0.4) is 0 Å². The molecule has 3 aromatic carbocycles. The molecule has 152 valence electrons. The number of benzene rings is 3. The van der Waals surface area contributed by atoms with Gasteiger partial charge in [0.15, 0.2) is 0 Å². The van der Waals surface area contributed by atoms with Gasteiger partial charge in [0.05, 0.1) is 0 Å². The Bertz CT molecular complexity index is 973. The number of hydrogen-bond acceptors (Lipinski definition) is 5. The summed E-state index contributed by atoms with van der Waals surface area (Å²) in [5.74, 6) is -0.0330. The Kier molecular flexibility index (Phi) is 5.33. The number of hydrogen-bond donors (Lipinski definition) is 5. The van der Waals surface area contributed by atoms with E-state index in [4.69, 9.17) is 0 Å². The van der Waals surface area contributed by atoms with Crippen LogP contribution in [0.1, 0.15) is 48.6 Å². The van der Waals surface area contributed by atoms with Crippen molar-refractivity contribution in [1.82, 2.24) is 0 Å². The SMILES string of the molecule is CC(C)(C)c1cc(Cc2ccc(O)cc2O)c(O)c(Cc2ccc(O)cc2O)c1. The van der Waals surface area contributed by atoms with Gasteiger partial charge in [-0.2, -0.15) is 0 Å². The van der Waals surface area contributed by atoms with Crippen molar-refractivity contribution in [3.8, 4) is 28.7 Å². The summed E-state index contributed by atoms with van der Waals surface area (Å²) in [6, 6.07) is 12.6. The Balaban J connectivity index is 2.07. The second-order valence-electron chi connectivity index (χ2n) is 8.37. The molecule has 0 amide bonds. The molecule has 0 saturated carbocycles. The summed E-state index contributed by atoms with van der Waals surface area (Å²) in [7, 11) is 0. The van der Waals surface area contributed by atoms with E-state index in [1.807, 2.05) is 12.1 Å². The van der Waals surface area contributed by atoms with Gasteiger partial charge in [0, 0.05) is 25.0 Å². The zero-order valence-electron chi connectivity index (χ0n) is 16.8. The zero-order chi connectivity index (χ0) is 21.3. The minimum atomic E-state index is -0.175. The molecule has 5 heteroatoms. The van der Waals surface area contributed by atoms with Crippen molar-refractivity contribution in [3.63, 3.8) is 0 Å². The monoisotopic (exact) mass is 394 g/mol. The van der Waals surface area contributed by atoms with Gasteiger partial charge in [-0.05, 0) is 45.4 Å². The maximum Gasteiger partial charge on any atom is 0.122 e. The minimum Gasteiger partial charge on any atom is -0.508 e. The third-order valence-electron chi connectivity index (χ3n) is 5.03. The molecule has 0 aliphatic carbocycles. The standard InChI is InChI=1S/C24H26O5/c1-24(2,3)18-10-16(8-14-4-6-19(25)12-21(14)27)23(29)17(11-18)9-15-5-7-20(26)13-22(15)28/h4-7,10-13,25-29H,8-9H2,1-3H3. The molecule has 29 heavy (non-hydrogen) atoms. The first-order valence-corrected chi connectivity index (χ1v) is 9.41. The molecular weight excluding hydrogens is 368 g/mol. The van der Waals surface area contributed by atoms with E-state index in [0.29, 0.717) is 22.3 Å². The van der Waals surface area contributed by atoms with Crippen LogP contribution in [0.5, 0.6) is 28.7 Å². The first-order chi connectivity index (χ1) is 13.5. The van der Waals surface area contributed by atoms with Gasteiger partial charge in [0.2, 0.25) is 0 Å². The number of rotatable bonds is 4. The van der Waals surface area contributed by atoms with Gasteiger partial charge in [-0.25, -0.2) is 0 Å². The lowest BCUT2D eigenvalue weighted by molar-refractivity contribution is 0.444. The molecule has 0 unspecified atom stereocenters. The molecule has 3 rings (SSSR count). The third-order valence-corrected chi connectivity index (χ3v) is 5.03. The predicted octanol–water partition coefficient (Wildman–Crippen LogP) is 4.69. The average Bonchev–Trinajstić information content (AvgIpc) is 2.61. The molecule has 0 radical (unpaired) electrons. The lowest BCUT2D eigenvalue weighted by atomic mass is 9.83. The highest BCUT2D eigenvalue weighted by Crippen LogP contribution is 2.36. The van der Waals surface area contributed by atoms with Gasteiger partial charge < -0.3 is 25.5 Å². The molecule has 0 spiro atoms. The molecule has 0 fully saturated rings. The average molecular weight is 394 g/mol. The molecular formula is C24H26O5. The third kappa shape index (κ3) is 4.57. The van der Waals surface area contributed by atoms with Gasteiger partial charge in [0.1, 0.15) is 28.7 Å². The van der Waals surface area contributed by atoms with Gasteiger partial charge in [0.25, 0.3) is 0 Å². The van der Waals surface area contributed by atoms with Crippen molar-refractivity contribution in [1.29, 1.82) is 0 Å². The highest BCUT2D eigenvalue weighted by atomic mass is 16.3. The fourth-order valence-corrected chi connectivity index (χ4v) is 3.28. The Hall–Kier alpha value is -3.34. The van der Waals surface area contributed by atoms with E-state index in [-0.39, 0.29) is 47.0 Å². The second kappa shape index (κ2) is 7.59. The summed E-state index contributed by atoms with van der Waals surface area (Å²) in [6.07, 6.45) is 0.576. The summed E-state index contributed by atoms with van der Waals surface area (Å²) < 4.78 is 0. The van der Waals surface area contributed by atoms with Crippen LogP contribution in [0, 0.1) is 0 Å². The van der Waals surface area contributed by atoms with E-state index in [1.54, 1.807) is 12.1 Å². The molecule has 5 N–H and O–H groups in total. The molecule has 0 saturated heterocycles. The highest BCUT2D eigenvalue weighted by molar-refractivity contribution is 5.52. The quantitative estimate of drug-likeness (QED) is 0.442. The second-order valence-corrected chi connectivity index (χ2v) is 8.37. The zero-order valence-corrected chi connectivity index (χ0v) is 16.8.